The third-order valence-corrected chi connectivity index (χ3v) is 3.78. The van der Waals surface area contributed by atoms with Crippen LogP contribution in [0, 0.1) is 0 Å². The molecule has 116 valence electrons. The average Bonchev–Trinajstić information content (AvgIpc) is 2.49. The Morgan fingerprint density at radius 1 is 1.00 bits per heavy atom. The Balaban J connectivity index is 1.63. The van der Waals surface area contributed by atoms with Crippen molar-refractivity contribution in [1.82, 2.24) is 9.97 Å². The maximum absolute atomic E-state index is 5.98. The van der Waals surface area contributed by atoms with Crippen LogP contribution in [0.5, 0.6) is 17.4 Å². The molecule has 1 aliphatic carbocycles. The Bertz CT molecular complexity index is 608. The van der Waals surface area contributed by atoms with Gasteiger partial charge in [-0.05, 0) is 49.9 Å². The van der Waals surface area contributed by atoms with E-state index in [1.807, 2.05) is 24.3 Å². The molecule has 0 saturated heterocycles. The van der Waals surface area contributed by atoms with E-state index >= 15 is 0 Å². The molecule has 0 aliphatic heterocycles. The molecule has 1 saturated carbocycles. The standard InChI is InChI=1S/C16H18ClN3O2/c17-14-10-15(20-16(18)19-14)22-13-8-6-12(7-9-13)21-11-4-2-1-3-5-11/h6-11H,1-5H2,(H2,18,19,20). The first-order valence-electron chi connectivity index (χ1n) is 7.44. The number of nitrogens with two attached hydrogens (primary N) is 1. The Hall–Kier alpha value is -2.01. The van der Waals surface area contributed by atoms with Crippen LogP contribution in [0.3, 0.4) is 0 Å². The summed E-state index contributed by atoms with van der Waals surface area (Å²) in [5.41, 5.74) is 5.53. The van der Waals surface area contributed by atoms with E-state index in [-0.39, 0.29) is 11.1 Å². The molecule has 3 rings (SSSR count). The number of anilines is 1. The van der Waals surface area contributed by atoms with Crippen LogP contribution in [0.25, 0.3) is 0 Å². The van der Waals surface area contributed by atoms with Crippen molar-refractivity contribution in [2.45, 2.75) is 38.2 Å². The maximum Gasteiger partial charge on any atom is 0.225 e. The van der Waals surface area contributed by atoms with Crippen molar-refractivity contribution in [3.05, 3.63) is 35.5 Å². The summed E-state index contributed by atoms with van der Waals surface area (Å²) < 4.78 is 11.6. The highest BCUT2D eigenvalue weighted by Crippen LogP contribution is 2.27. The Morgan fingerprint density at radius 3 is 2.36 bits per heavy atom. The van der Waals surface area contributed by atoms with E-state index in [2.05, 4.69) is 9.97 Å². The highest BCUT2D eigenvalue weighted by Gasteiger charge is 2.14. The van der Waals surface area contributed by atoms with Gasteiger partial charge in [0.2, 0.25) is 11.8 Å². The van der Waals surface area contributed by atoms with Crippen LogP contribution < -0.4 is 15.2 Å². The molecule has 0 radical (unpaired) electrons. The van der Waals surface area contributed by atoms with Crippen LogP contribution in [0.15, 0.2) is 30.3 Å². The van der Waals surface area contributed by atoms with Crippen molar-refractivity contribution in [2.24, 2.45) is 0 Å². The van der Waals surface area contributed by atoms with Gasteiger partial charge in [0.25, 0.3) is 0 Å². The number of halogens is 1. The summed E-state index contributed by atoms with van der Waals surface area (Å²) in [6.07, 6.45) is 6.43. The number of rotatable bonds is 4. The quantitative estimate of drug-likeness (QED) is 0.854. The fourth-order valence-corrected chi connectivity index (χ4v) is 2.73. The third kappa shape index (κ3) is 4.01. The molecule has 2 aromatic rings. The summed E-state index contributed by atoms with van der Waals surface area (Å²) in [6.45, 7) is 0. The minimum absolute atomic E-state index is 0.0831. The van der Waals surface area contributed by atoms with Crippen molar-refractivity contribution >= 4 is 17.5 Å². The van der Waals surface area contributed by atoms with Crippen LogP contribution in [0.4, 0.5) is 5.95 Å². The molecule has 0 atom stereocenters. The number of nitrogen functional groups attached to an aromatic ring is 1. The minimum Gasteiger partial charge on any atom is -0.490 e. The van der Waals surface area contributed by atoms with Crippen LogP contribution in [0.1, 0.15) is 32.1 Å². The molecule has 0 unspecified atom stereocenters. The number of hydrogen-bond acceptors (Lipinski definition) is 5. The highest BCUT2D eigenvalue weighted by molar-refractivity contribution is 6.29. The number of nitrogens with zero attached hydrogens (tertiary/aromatic N) is 2. The zero-order valence-corrected chi connectivity index (χ0v) is 12.9. The van der Waals surface area contributed by atoms with E-state index in [1.165, 1.54) is 25.3 Å². The molecule has 1 aromatic heterocycles. The highest BCUT2D eigenvalue weighted by atomic mass is 35.5. The molecule has 0 spiro atoms. The van der Waals surface area contributed by atoms with E-state index in [1.54, 1.807) is 0 Å². The Labute approximate surface area is 134 Å². The van der Waals surface area contributed by atoms with E-state index in [0.29, 0.717) is 17.7 Å². The molecular formula is C16H18ClN3O2. The van der Waals surface area contributed by atoms with E-state index in [4.69, 9.17) is 26.8 Å². The summed E-state index contributed by atoms with van der Waals surface area (Å²) in [5.74, 6) is 1.91. The second kappa shape index (κ2) is 6.83. The lowest BCUT2D eigenvalue weighted by atomic mass is 9.98. The van der Waals surface area contributed by atoms with Gasteiger partial charge in [-0.15, -0.1) is 0 Å². The first kappa shape index (κ1) is 14.9. The fraction of sp³-hybridized carbons (Fsp3) is 0.375. The molecule has 2 N–H and O–H groups in total. The second-order valence-electron chi connectivity index (χ2n) is 5.34. The van der Waals surface area contributed by atoms with Crippen LogP contribution in [-0.2, 0) is 0 Å². The van der Waals surface area contributed by atoms with Gasteiger partial charge in [-0.25, -0.2) is 4.98 Å². The normalized spacial score (nSPS) is 15.5. The number of ether oxygens (including phenoxy) is 2. The van der Waals surface area contributed by atoms with Gasteiger partial charge in [0.1, 0.15) is 16.7 Å². The number of hydrogen-bond donors (Lipinski definition) is 1. The molecule has 1 aliphatic rings. The SMILES string of the molecule is Nc1nc(Cl)cc(Oc2ccc(OC3CCCCC3)cc2)n1. The molecular weight excluding hydrogens is 302 g/mol. The van der Waals surface area contributed by atoms with Crippen molar-refractivity contribution < 1.29 is 9.47 Å². The van der Waals surface area contributed by atoms with Gasteiger partial charge in [-0.2, -0.15) is 4.98 Å². The summed E-state index contributed by atoms with van der Waals surface area (Å²) in [5, 5.41) is 0.250. The van der Waals surface area contributed by atoms with Gasteiger partial charge in [0.05, 0.1) is 6.10 Å². The predicted molar refractivity (Wildman–Crippen MR) is 85.5 cm³/mol. The van der Waals surface area contributed by atoms with Crippen molar-refractivity contribution in [3.8, 4) is 17.4 Å². The van der Waals surface area contributed by atoms with Gasteiger partial charge in [0, 0.05) is 6.07 Å². The first-order chi connectivity index (χ1) is 10.7. The Morgan fingerprint density at radius 2 is 1.68 bits per heavy atom. The zero-order valence-electron chi connectivity index (χ0n) is 12.2. The lowest BCUT2D eigenvalue weighted by Crippen LogP contribution is -2.19. The summed E-state index contributed by atoms with van der Waals surface area (Å²) in [4.78, 5) is 7.76. The van der Waals surface area contributed by atoms with Crippen LogP contribution in [0.2, 0.25) is 5.15 Å². The van der Waals surface area contributed by atoms with E-state index in [0.717, 1.165) is 18.6 Å². The largest absolute Gasteiger partial charge is 0.490 e. The average molecular weight is 320 g/mol. The number of benzene rings is 1. The van der Waals surface area contributed by atoms with Gasteiger partial charge in [-0.1, -0.05) is 18.0 Å². The third-order valence-electron chi connectivity index (χ3n) is 3.59. The lowest BCUT2D eigenvalue weighted by molar-refractivity contribution is 0.155. The van der Waals surface area contributed by atoms with E-state index in [9.17, 15) is 0 Å². The predicted octanol–water partition coefficient (Wildman–Crippen LogP) is 4.22. The lowest BCUT2D eigenvalue weighted by Gasteiger charge is -2.23. The summed E-state index contributed by atoms with van der Waals surface area (Å²) in [6, 6.07) is 8.99. The van der Waals surface area contributed by atoms with Crippen molar-refractivity contribution in [1.29, 1.82) is 0 Å². The van der Waals surface area contributed by atoms with Crippen molar-refractivity contribution in [3.63, 3.8) is 0 Å². The van der Waals surface area contributed by atoms with Crippen molar-refractivity contribution in [2.75, 3.05) is 5.73 Å². The summed E-state index contributed by atoms with van der Waals surface area (Å²) in [7, 11) is 0. The van der Waals surface area contributed by atoms with Gasteiger partial charge in [-0.3, -0.25) is 0 Å². The molecule has 0 amide bonds. The van der Waals surface area contributed by atoms with Gasteiger partial charge in [0.15, 0.2) is 0 Å². The molecule has 1 fully saturated rings. The van der Waals surface area contributed by atoms with Crippen LogP contribution >= 0.6 is 11.6 Å². The second-order valence-corrected chi connectivity index (χ2v) is 5.73. The Kier molecular flexibility index (Phi) is 4.63. The minimum atomic E-state index is 0.0831. The molecule has 5 nitrogen and oxygen atoms in total. The molecule has 1 heterocycles. The van der Waals surface area contributed by atoms with Gasteiger partial charge < -0.3 is 15.2 Å². The topological polar surface area (TPSA) is 70.3 Å². The smallest absolute Gasteiger partial charge is 0.225 e. The summed E-state index contributed by atoms with van der Waals surface area (Å²) >= 11 is 5.82. The zero-order chi connectivity index (χ0) is 15.4. The first-order valence-corrected chi connectivity index (χ1v) is 7.81. The van der Waals surface area contributed by atoms with Crippen LogP contribution in [-0.4, -0.2) is 16.1 Å². The maximum atomic E-state index is 5.98. The molecule has 1 aromatic carbocycles. The fourth-order valence-electron chi connectivity index (χ4n) is 2.55. The number of aromatic nitrogens is 2. The molecule has 22 heavy (non-hydrogen) atoms. The van der Waals surface area contributed by atoms with E-state index < -0.39 is 0 Å². The van der Waals surface area contributed by atoms with Gasteiger partial charge >= 0.3 is 0 Å². The monoisotopic (exact) mass is 319 g/mol. The molecule has 0 bridgehead atoms. The molecule has 6 heteroatoms.